The summed E-state index contributed by atoms with van der Waals surface area (Å²) in [5.41, 5.74) is 1.20. The number of ether oxygens (including phenoxy) is 2. The van der Waals surface area contributed by atoms with Gasteiger partial charge in [0.1, 0.15) is 18.5 Å². The highest BCUT2D eigenvalue weighted by Crippen LogP contribution is 2.23. The predicted molar refractivity (Wildman–Crippen MR) is 45.5 cm³/mol. The summed E-state index contributed by atoms with van der Waals surface area (Å²) in [4.78, 5) is 0. The van der Waals surface area contributed by atoms with Crippen LogP contribution < -0.4 is 5.32 Å². The first-order valence-electron chi connectivity index (χ1n) is 4.23. The molecule has 1 aliphatic heterocycles. The molecule has 0 aromatic rings. The Morgan fingerprint density at radius 1 is 1.42 bits per heavy atom. The van der Waals surface area contributed by atoms with Crippen LogP contribution in [0.25, 0.3) is 0 Å². The van der Waals surface area contributed by atoms with Crippen molar-refractivity contribution < 1.29 is 9.47 Å². The summed E-state index contributed by atoms with van der Waals surface area (Å²) < 4.78 is 11.0. The summed E-state index contributed by atoms with van der Waals surface area (Å²) in [5.74, 6) is 0.972. The first kappa shape index (κ1) is 7.68. The molecule has 1 unspecified atom stereocenters. The molecular weight excluding hydrogens is 154 g/mol. The van der Waals surface area contributed by atoms with Crippen molar-refractivity contribution >= 4 is 0 Å². The SMILES string of the molecule is CNC1=CC=C2OCCOC2C1. The van der Waals surface area contributed by atoms with E-state index in [2.05, 4.69) is 5.32 Å². The number of allylic oxidation sites excluding steroid dienone is 2. The zero-order valence-electron chi connectivity index (χ0n) is 7.17. The van der Waals surface area contributed by atoms with E-state index in [0.29, 0.717) is 13.2 Å². The topological polar surface area (TPSA) is 30.5 Å². The lowest BCUT2D eigenvalue weighted by Gasteiger charge is -2.29. The maximum Gasteiger partial charge on any atom is 0.125 e. The van der Waals surface area contributed by atoms with Gasteiger partial charge in [-0.15, -0.1) is 0 Å². The van der Waals surface area contributed by atoms with Gasteiger partial charge < -0.3 is 14.8 Å². The molecule has 0 amide bonds. The van der Waals surface area contributed by atoms with Crippen LogP contribution in [-0.2, 0) is 9.47 Å². The van der Waals surface area contributed by atoms with E-state index < -0.39 is 0 Å². The van der Waals surface area contributed by atoms with Crippen molar-refractivity contribution in [1.82, 2.24) is 5.32 Å². The monoisotopic (exact) mass is 167 g/mol. The summed E-state index contributed by atoms with van der Waals surface area (Å²) >= 11 is 0. The van der Waals surface area contributed by atoms with Crippen molar-refractivity contribution in [1.29, 1.82) is 0 Å². The van der Waals surface area contributed by atoms with E-state index in [1.165, 1.54) is 5.70 Å². The van der Waals surface area contributed by atoms with E-state index in [1.54, 1.807) is 0 Å². The number of nitrogens with one attached hydrogen (secondary N) is 1. The van der Waals surface area contributed by atoms with Gasteiger partial charge in [0.25, 0.3) is 0 Å². The molecule has 0 radical (unpaired) electrons. The molecule has 3 heteroatoms. The fraction of sp³-hybridized carbons (Fsp3) is 0.556. The molecule has 66 valence electrons. The Morgan fingerprint density at radius 2 is 2.33 bits per heavy atom. The van der Waals surface area contributed by atoms with Gasteiger partial charge in [-0.25, -0.2) is 0 Å². The van der Waals surface area contributed by atoms with Gasteiger partial charge in [0.05, 0.1) is 6.61 Å². The van der Waals surface area contributed by atoms with E-state index in [1.807, 2.05) is 19.2 Å². The third kappa shape index (κ3) is 1.32. The van der Waals surface area contributed by atoms with E-state index in [0.717, 1.165) is 12.2 Å². The Bertz CT molecular complexity index is 233. The van der Waals surface area contributed by atoms with Crippen LogP contribution in [0.4, 0.5) is 0 Å². The molecule has 0 aromatic heterocycles. The Morgan fingerprint density at radius 3 is 3.17 bits per heavy atom. The first-order valence-corrected chi connectivity index (χ1v) is 4.23. The highest BCUT2D eigenvalue weighted by molar-refractivity contribution is 5.24. The van der Waals surface area contributed by atoms with Crippen molar-refractivity contribution in [3.8, 4) is 0 Å². The molecule has 1 heterocycles. The van der Waals surface area contributed by atoms with E-state index in [9.17, 15) is 0 Å². The molecule has 0 saturated carbocycles. The minimum atomic E-state index is 0.145. The van der Waals surface area contributed by atoms with Crippen molar-refractivity contribution in [2.24, 2.45) is 0 Å². The van der Waals surface area contributed by atoms with Gasteiger partial charge in [-0.2, -0.15) is 0 Å². The maximum absolute atomic E-state index is 5.54. The molecular formula is C9H13NO2. The van der Waals surface area contributed by atoms with Crippen LogP contribution in [0.5, 0.6) is 0 Å². The quantitative estimate of drug-likeness (QED) is 0.626. The van der Waals surface area contributed by atoms with Gasteiger partial charge in [0.2, 0.25) is 0 Å². The molecule has 0 spiro atoms. The number of hydrogen-bond donors (Lipinski definition) is 1. The summed E-state index contributed by atoms with van der Waals surface area (Å²) in [5, 5.41) is 3.12. The van der Waals surface area contributed by atoms with E-state index >= 15 is 0 Å². The zero-order chi connectivity index (χ0) is 8.39. The summed E-state index contributed by atoms with van der Waals surface area (Å²) in [6.07, 6.45) is 5.08. The molecule has 1 aliphatic carbocycles. The minimum Gasteiger partial charge on any atom is -0.493 e. The maximum atomic E-state index is 5.54. The largest absolute Gasteiger partial charge is 0.493 e. The molecule has 12 heavy (non-hydrogen) atoms. The van der Waals surface area contributed by atoms with Crippen molar-refractivity contribution in [2.75, 3.05) is 20.3 Å². The van der Waals surface area contributed by atoms with Crippen LogP contribution in [0.3, 0.4) is 0 Å². The third-order valence-electron chi connectivity index (χ3n) is 2.16. The van der Waals surface area contributed by atoms with Crippen LogP contribution >= 0.6 is 0 Å². The summed E-state index contributed by atoms with van der Waals surface area (Å²) in [7, 11) is 1.92. The third-order valence-corrected chi connectivity index (χ3v) is 2.16. The van der Waals surface area contributed by atoms with Crippen LogP contribution in [0.1, 0.15) is 6.42 Å². The average Bonchev–Trinajstić information content (AvgIpc) is 2.17. The minimum absolute atomic E-state index is 0.145. The Balaban J connectivity index is 2.12. The average molecular weight is 167 g/mol. The Labute approximate surface area is 72.0 Å². The fourth-order valence-corrected chi connectivity index (χ4v) is 1.48. The lowest BCUT2D eigenvalue weighted by Crippen LogP contribution is -2.30. The Kier molecular flexibility index (Phi) is 2.04. The van der Waals surface area contributed by atoms with Crippen LogP contribution in [0.15, 0.2) is 23.6 Å². The molecule has 1 saturated heterocycles. The van der Waals surface area contributed by atoms with E-state index in [4.69, 9.17) is 9.47 Å². The summed E-state index contributed by atoms with van der Waals surface area (Å²) in [6.45, 7) is 1.39. The van der Waals surface area contributed by atoms with Crippen LogP contribution in [0.2, 0.25) is 0 Å². The fourth-order valence-electron chi connectivity index (χ4n) is 1.48. The second-order valence-corrected chi connectivity index (χ2v) is 2.92. The van der Waals surface area contributed by atoms with Crippen molar-refractivity contribution in [3.05, 3.63) is 23.6 Å². The van der Waals surface area contributed by atoms with Gasteiger partial charge in [-0.1, -0.05) is 0 Å². The number of fused-ring (bicyclic) bond motifs is 1. The summed E-state index contributed by atoms with van der Waals surface area (Å²) in [6, 6.07) is 0. The standard InChI is InChI=1S/C9H13NO2/c1-10-7-2-3-8-9(6-7)12-5-4-11-8/h2-3,9-10H,4-6H2,1H3. The lowest BCUT2D eigenvalue weighted by molar-refractivity contribution is -0.0431. The van der Waals surface area contributed by atoms with Gasteiger partial charge in [-0.3, -0.25) is 0 Å². The number of hydrogen-bond acceptors (Lipinski definition) is 3. The molecule has 3 nitrogen and oxygen atoms in total. The van der Waals surface area contributed by atoms with Gasteiger partial charge in [0, 0.05) is 19.2 Å². The van der Waals surface area contributed by atoms with Crippen molar-refractivity contribution in [2.45, 2.75) is 12.5 Å². The normalized spacial score (nSPS) is 27.9. The van der Waals surface area contributed by atoms with Gasteiger partial charge >= 0.3 is 0 Å². The van der Waals surface area contributed by atoms with Crippen LogP contribution in [0, 0.1) is 0 Å². The molecule has 1 fully saturated rings. The van der Waals surface area contributed by atoms with Gasteiger partial charge in [0.15, 0.2) is 0 Å². The van der Waals surface area contributed by atoms with Crippen LogP contribution in [-0.4, -0.2) is 26.4 Å². The molecule has 0 aromatic carbocycles. The number of rotatable bonds is 1. The smallest absolute Gasteiger partial charge is 0.125 e. The second kappa shape index (κ2) is 3.19. The van der Waals surface area contributed by atoms with Gasteiger partial charge in [-0.05, 0) is 12.2 Å². The van der Waals surface area contributed by atoms with Crippen molar-refractivity contribution in [3.63, 3.8) is 0 Å². The lowest BCUT2D eigenvalue weighted by atomic mass is 10.1. The highest BCUT2D eigenvalue weighted by Gasteiger charge is 2.24. The molecule has 0 bridgehead atoms. The molecule has 2 aliphatic rings. The molecule has 2 rings (SSSR count). The molecule has 1 atom stereocenters. The first-order chi connectivity index (χ1) is 5.90. The Hall–Kier alpha value is -0.960. The highest BCUT2D eigenvalue weighted by atomic mass is 16.6. The predicted octanol–water partition coefficient (Wildman–Crippen LogP) is 0.793. The zero-order valence-corrected chi connectivity index (χ0v) is 7.17. The van der Waals surface area contributed by atoms with E-state index in [-0.39, 0.29) is 6.10 Å². The second-order valence-electron chi connectivity index (χ2n) is 2.92. The molecule has 1 N–H and O–H groups in total.